The molecule has 4 rings (SSSR count). The molecular weight excluding hydrogens is 448 g/mol. The number of benzene rings is 2. The molecule has 2 aliphatic rings. The average Bonchev–Trinajstić information content (AvgIpc) is 3.19. The van der Waals surface area contributed by atoms with Crippen molar-refractivity contribution in [2.24, 2.45) is 11.8 Å². The van der Waals surface area contributed by atoms with E-state index in [2.05, 4.69) is 34.9 Å². The third kappa shape index (κ3) is 5.82. The van der Waals surface area contributed by atoms with Crippen molar-refractivity contribution >= 4 is 18.0 Å². The highest BCUT2D eigenvalue weighted by Gasteiger charge is 2.31. The van der Waals surface area contributed by atoms with Gasteiger partial charge >= 0.3 is 12.1 Å². The van der Waals surface area contributed by atoms with Gasteiger partial charge in [-0.25, -0.2) is 9.59 Å². The van der Waals surface area contributed by atoms with Gasteiger partial charge in [0.25, 0.3) is 0 Å². The molecule has 2 amide bonds. The molecule has 0 radical (unpaired) electrons. The van der Waals surface area contributed by atoms with Gasteiger partial charge < -0.3 is 25.6 Å². The van der Waals surface area contributed by atoms with E-state index >= 15 is 0 Å². The van der Waals surface area contributed by atoms with Crippen LogP contribution in [-0.2, 0) is 14.3 Å². The first-order valence-electron chi connectivity index (χ1n) is 12.2. The van der Waals surface area contributed by atoms with Crippen LogP contribution in [0.4, 0.5) is 4.79 Å². The number of hydrogen-bond acceptors (Lipinski definition) is 5. The molecule has 0 saturated heterocycles. The number of hydrogen-bond donors (Lipinski definition) is 4. The Labute approximate surface area is 204 Å². The standard InChI is InChI=1S/C27H32N2O6/c30-13-12-24(26(32)33)29-25(31)18-7-5-6-17(14-18)15-28-27(34)35-16-23-21-10-3-1-8-19(21)20-9-2-4-11-22(20)23/h1-4,8-11,17-18,23-24,30H,5-7,12-16H2,(H,28,34)(H,29,31)(H,32,33)/t17?,18?,24-/m1/s1. The van der Waals surface area contributed by atoms with Crippen LogP contribution in [0.25, 0.3) is 11.1 Å². The Morgan fingerprint density at radius 1 is 1.00 bits per heavy atom. The van der Waals surface area contributed by atoms with Gasteiger partial charge in [0.1, 0.15) is 12.6 Å². The minimum atomic E-state index is -1.16. The van der Waals surface area contributed by atoms with Gasteiger partial charge in [0.2, 0.25) is 5.91 Å². The highest BCUT2D eigenvalue weighted by molar-refractivity contribution is 5.85. The van der Waals surface area contributed by atoms with Gasteiger partial charge in [-0.15, -0.1) is 0 Å². The SMILES string of the molecule is O=C(NCC1CCCC(C(=O)N[C@H](CCO)C(=O)O)C1)OCC1c2ccccc2-c2ccccc21. The molecule has 0 heterocycles. The summed E-state index contributed by atoms with van der Waals surface area (Å²) in [6, 6.07) is 15.3. The van der Waals surface area contributed by atoms with Crippen molar-refractivity contribution in [3.05, 3.63) is 59.7 Å². The van der Waals surface area contributed by atoms with Crippen molar-refractivity contribution in [1.29, 1.82) is 0 Å². The third-order valence-electron chi connectivity index (χ3n) is 7.06. The van der Waals surface area contributed by atoms with Crippen LogP contribution in [0.1, 0.15) is 49.1 Å². The van der Waals surface area contributed by atoms with Gasteiger partial charge in [-0.05, 0) is 47.4 Å². The molecule has 3 atom stereocenters. The lowest BCUT2D eigenvalue weighted by Gasteiger charge is -2.29. The first kappa shape index (κ1) is 24.7. The number of aliphatic carboxylic acids is 1. The molecule has 35 heavy (non-hydrogen) atoms. The van der Waals surface area contributed by atoms with Crippen molar-refractivity contribution in [3.63, 3.8) is 0 Å². The predicted molar refractivity (Wildman–Crippen MR) is 130 cm³/mol. The van der Waals surface area contributed by atoms with E-state index in [1.54, 1.807) is 0 Å². The number of carboxylic acid groups (broad SMARTS) is 1. The number of carboxylic acids is 1. The minimum Gasteiger partial charge on any atom is -0.480 e. The number of rotatable bonds is 9. The summed E-state index contributed by atoms with van der Waals surface area (Å²) in [5.74, 6) is -1.66. The van der Waals surface area contributed by atoms with E-state index in [-0.39, 0.29) is 43.3 Å². The van der Waals surface area contributed by atoms with Crippen LogP contribution in [-0.4, -0.2) is 54.0 Å². The van der Waals surface area contributed by atoms with Crippen molar-refractivity contribution in [3.8, 4) is 11.1 Å². The Morgan fingerprint density at radius 3 is 2.29 bits per heavy atom. The number of aliphatic hydroxyl groups is 1. The number of aliphatic hydroxyl groups excluding tert-OH is 1. The predicted octanol–water partition coefficient (Wildman–Crippen LogP) is 3.28. The molecule has 8 heteroatoms. The zero-order chi connectivity index (χ0) is 24.8. The lowest BCUT2D eigenvalue weighted by atomic mass is 9.81. The van der Waals surface area contributed by atoms with Crippen LogP contribution < -0.4 is 10.6 Å². The quantitative estimate of drug-likeness (QED) is 0.437. The van der Waals surface area contributed by atoms with Crippen LogP contribution in [0.2, 0.25) is 0 Å². The van der Waals surface area contributed by atoms with Gasteiger partial charge in [0.15, 0.2) is 0 Å². The summed E-state index contributed by atoms with van der Waals surface area (Å²) in [6.07, 6.45) is 2.45. The van der Waals surface area contributed by atoms with Gasteiger partial charge in [-0.3, -0.25) is 4.79 Å². The molecular formula is C27H32N2O6. The van der Waals surface area contributed by atoms with E-state index in [1.807, 2.05) is 24.3 Å². The first-order chi connectivity index (χ1) is 17.0. The number of ether oxygens (including phenoxy) is 1. The molecule has 2 aromatic rings. The molecule has 0 spiro atoms. The van der Waals surface area contributed by atoms with E-state index in [0.29, 0.717) is 19.4 Å². The zero-order valence-electron chi connectivity index (χ0n) is 19.6. The smallest absolute Gasteiger partial charge is 0.407 e. The van der Waals surface area contributed by atoms with E-state index < -0.39 is 18.1 Å². The molecule has 0 bridgehead atoms. The van der Waals surface area contributed by atoms with Crippen molar-refractivity contribution in [2.75, 3.05) is 19.8 Å². The van der Waals surface area contributed by atoms with Crippen LogP contribution in [0.5, 0.6) is 0 Å². The molecule has 2 aliphatic carbocycles. The fourth-order valence-corrected chi connectivity index (χ4v) is 5.27. The maximum atomic E-state index is 12.6. The second-order valence-corrected chi connectivity index (χ2v) is 9.35. The molecule has 4 N–H and O–H groups in total. The maximum Gasteiger partial charge on any atom is 0.407 e. The van der Waals surface area contributed by atoms with Crippen LogP contribution in [0, 0.1) is 11.8 Å². The van der Waals surface area contributed by atoms with E-state index in [9.17, 15) is 19.5 Å². The highest BCUT2D eigenvalue weighted by Crippen LogP contribution is 2.44. The summed E-state index contributed by atoms with van der Waals surface area (Å²) >= 11 is 0. The third-order valence-corrected chi connectivity index (χ3v) is 7.06. The van der Waals surface area contributed by atoms with Crippen LogP contribution >= 0.6 is 0 Å². The molecule has 1 saturated carbocycles. The Bertz CT molecular complexity index is 1030. The van der Waals surface area contributed by atoms with Crippen LogP contribution in [0.3, 0.4) is 0 Å². The summed E-state index contributed by atoms with van der Waals surface area (Å²) in [6.45, 7) is 0.338. The van der Waals surface area contributed by atoms with Gasteiger partial charge in [-0.1, -0.05) is 55.0 Å². The molecule has 2 unspecified atom stereocenters. The number of fused-ring (bicyclic) bond motifs is 3. The molecule has 0 aromatic heterocycles. The lowest BCUT2D eigenvalue weighted by molar-refractivity contribution is -0.143. The number of amides is 2. The Hall–Kier alpha value is -3.39. The topological polar surface area (TPSA) is 125 Å². The monoisotopic (exact) mass is 480 g/mol. The lowest BCUT2D eigenvalue weighted by Crippen LogP contribution is -2.45. The molecule has 1 fully saturated rings. The molecule has 0 aliphatic heterocycles. The number of carbonyl (C=O) groups is 3. The Kier molecular flexibility index (Phi) is 8.02. The fraction of sp³-hybridized carbons (Fsp3) is 0.444. The summed E-state index contributed by atoms with van der Waals surface area (Å²) in [5.41, 5.74) is 4.66. The summed E-state index contributed by atoms with van der Waals surface area (Å²) in [4.78, 5) is 36.3. The summed E-state index contributed by atoms with van der Waals surface area (Å²) in [5, 5.41) is 23.6. The van der Waals surface area contributed by atoms with Crippen molar-refractivity contribution < 1.29 is 29.3 Å². The number of carbonyl (C=O) groups excluding carboxylic acids is 2. The maximum absolute atomic E-state index is 12.6. The first-order valence-corrected chi connectivity index (χ1v) is 12.2. The molecule has 2 aromatic carbocycles. The van der Waals surface area contributed by atoms with E-state index in [0.717, 1.165) is 24.0 Å². The van der Waals surface area contributed by atoms with Crippen molar-refractivity contribution in [1.82, 2.24) is 10.6 Å². The van der Waals surface area contributed by atoms with Gasteiger partial charge in [0.05, 0.1) is 0 Å². The summed E-state index contributed by atoms with van der Waals surface area (Å²) in [7, 11) is 0. The number of nitrogens with one attached hydrogen (secondary N) is 2. The fourth-order valence-electron chi connectivity index (χ4n) is 5.27. The average molecular weight is 481 g/mol. The minimum absolute atomic E-state index is 0.00277. The zero-order valence-corrected chi connectivity index (χ0v) is 19.6. The molecule has 8 nitrogen and oxygen atoms in total. The highest BCUT2D eigenvalue weighted by atomic mass is 16.5. The molecule has 186 valence electrons. The van der Waals surface area contributed by atoms with Crippen molar-refractivity contribution in [2.45, 2.75) is 44.1 Å². The number of alkyl carbamates (subject to hydrolysis) is 1. The Balaban J connectivity index is 1.26. The normalized spacial score (nSPS) is 19.8. The van der Waals surface area contributed by atoms with Gasteiger partial charge in [0, 0.05) is 31.4 Å². The second kappa shape index (κ2) is 11.4. The largest absolute Gasteiger partial charge is 0.480 e. The Morgan fingerprint density at radius 2 is 1.66 bits per heavy atom. The van der Waals surface area contributed by atoms with E-state index in [1.165, 1.54) is 11.1 Å². The van der Waals surface area contributed by atoms with E-state index in [4.69, 9.17) is 9.84 Å². The second-order valence-electron chi connectivity index (χ2n) is 9.35. The van der Waals surface area contributed by atoms with Gasteiger partial charge in [-0.2, -0.15) is 0 Å². The van der Waals surface area contributed by atoms with Crippen LogP contribution in [0.15, 0.2) is 48.5 Å². The summed E-state index contributed by atoms with van der Waals surface area (Å²) < 4.78 is 5.59.